The fourth-order valence-corrected chi connectivity index (χ4v) is 2.13. The zero-order chi connectivity index (χ0) is 13.9. The molecule has 2 unspecified atom stereocenters. The van der Waals surface area contributed by atoms with Gasteiger partial charge >= 0.3 is 0 Å². The van der Waals surface area contributed by atoms with E-state index in [1.54, 1.807) is 0 Å². The van der Waals surface area contributed by atoms with Crippen LogP contribution in [0.2, 0.25) is 5.02 Å². The summed E-state index contributed by atoms with van der Waals surface area (Å²) in [6.07, 6.45) is -0.327. The van der Waals surface area contributed by atoms with Crippen molar-refractivity contribution in [2.24, 2.45) is 5.41 Å². The second kappa shape index (κ2) is 6.05. The van der Waals surface area contributed by atoms with Crippen molar-refractivity contribution in [2.75, 3.05) is 13.6 Å². The number of benzene rings is 1. The van der Waals surface area contributed by atoms with E-state index in [0.717, 1.165) is 11.6 Å². The summed E-state index contributed by atoms with van der Waals surface area (Å²) in [6.45, 7) is 9.00. The molecule has 0 saturated heterocycles. The van der Waals surface area contributed by atoms with Gasteiger partial charge in [0.05, 0.1) is 6.10 Å². The lowest BCUT2D eigenvalue weighted by Gasteiger charge is -2.36. The van der Waals surface area contributed by atoms with Crippen molar-refractivity contribution in [3.8, 4) is 0 Å². The largest absolute Gasteiger partial charge is 0.393 e. The van der Waals surface area contributed by atoms with Crippen LogP contribution in [0, 0.1) is 5.41 Å². The zero-order valence-corrected chi connectivity index (χ0v) is 12.7. The van der Waals surface area contributed by atoms with E-state index in [-0.39, 0.29) is 17.6 Å². The van der Waals surface area contributed by atoms with E-state index in [0.29, 0.717) is 0 Å². The third-order valence-electron chi connectivity index (χ3n) is 3.78. The van der Waals surface area contributed by atoms with Gasteiger partial charge in [-0.05, 0) is 38.6 Å². The summed E-state index contributed by atoms with van der Waals surface area (Å²) in [5.74, 6) is 0. The fraction of sp³-hybridized carbons (Fsp3) is 0.600. The van der Waals surface area contributed by atoms with Gasteiger partial charge in [0.15, 0.2) is 0 Å². The van der Waals surface area contributed by atoms with E-state index in [1.165, 1.54) is 5.56 Å². The second-order valence-electron chi connectivity index (χ2n) is 5.81. The van der Waals surface area contributed by atoms with Crippen molar-refractivity contribution in [3.05, 3.63) is 34.9 Å². The molecule has 0 saturated carbocycles. The topological polar surface area (TPSA) is 23.5 Å². The van der Waals surface area contributed by atoms with E-state index in [4.69, 9.17) is 11.6 Å². The van der Waals surface area contributed by atoms with Gasteiger partial charge in [-0.25, -0.2) is 0 Å². The minimum Gasteiger partial charge on any atom is -0.393 e. The van der Waals surface area contributed by atoms with Crippen molar-refractivity contribution < 1.29 is 5.11 Å². The Balaban J connectivity index is 2.76. The molecule has 0 bridgehead atoms. The van der Waals surface area contributed by atoms with Gasteiger partial charge in [0.25, 0.3) is 0 Å². The maximum Gasteiger partial charge on any atom is 0.0575 e. The van der Waals surface area contributed by atoms with Gasteiger partial charge in [-0.2, -0.15) is 0 Å². The van der Waals surface area contributed by atoms with Gasteiger partial charge < -0.3 is 5.11 Å². The number of nitrogens with zero attached hydrogens (tertiary/aromatic N) is 1. The molecule has 0 fully saturated rings. The molecule has 1 N–H and O–H groups in total. The van der Waals surface area contributed by atoms with Crippen molar-refractivity contribution >= 4 is 11.6 Å². The lowest BCUT2D eigenvalue weighted by atomic mass is 9.86. The predicted octanol–water partition coefficient (Wildman–Crippen LogP) is 3.74. The quantitative estimate of drug-likeness (QED) is 0.880. The molecule has 2 nitrogen and oxygen atoms in total. The average Bonchev–Trinajstić information content (AvgIpc) is 2.27. The summed E-state index contributed by atoms with van der Waals surface area (Å²) in [6, 6.07) is 8.22. The van der Waals surface area contributed by atoms with Crippen LogP contribution in [-0.2, 0) is 0 Å². The monoisotopic (exact) mass is 269 g/mol. The molecule has 0 aromatic heterocycles. The van der Waals surface area contributed by atoms with E-state index >= 15 is 0 Å². The van der Waals surface area contributed by atoms with Crippen molar-refractivity contribution in [2.45, 2.75) is 39.8 Å². The third-order valence-corrected chi connectivity index (χ3v) is 4.02. The standard InChI is InChI=1S/C15H24ClNO/c1-11(13-7-6-8-14(16)9-13)17(5)10-15(3,4)12(2)18/h6-9,11-12,18H,10H2,1-5H3. The molecule has 102 valence electrons. The summed E-state index contributed by atoms with van der Waals surface area (Å²) in [5, 5.41) is 10.5. The Morgan fingerprint density at radius 1 is 1.33 bits per heavy atom. The minimum absolute atomic E-state index is 0.123. The molecule has 1 rings (SSSR count). The highest BCUT2D eigenvalue weighted by Crippen LogP contribution is 2.27. The van der Waals surface area contributed by atoms with Gasteiger partial charge in [-0.3, -0.25) is 4.90 Å². The Morgan fingerprint density at radius 3 is 2.44 bits per heavy atom. The Hall–Kier alpha value is -0.570. The summed E-state index contributed by atoms with van der Waals surface area (Å²) in [4.78, 5) is 2.25. The summed E-state index contributed by atoms with van der Waals surface area (Å²) >= 11 is 6.02. The molecule has 2 atom stereocenters. The van der Waals surface area contributed by atoms with Crippen LogP contribution in [0.25, 0.3) is 0 Å². The number of aliphatic hydroxyl groups is 1. The third kappa shape index (κ3) is 3.98. The molecule has 1 aromatic rings. The molecule has 1 aromatic carbocycles. The molecule has 0 heterocycles. The predicted molar refractivity (Wildman–Crippen MR) is 78.0 cm³/mol. The first-order valence-corrected chi connectivity index (χ1v) is 6.75. The molecular formula is C15H24ClNO. The lowest BCUT2D eigenvalue weighted by Crippen LogP contribution is -2.39. The van der Waals surface area contributed by atoms with E-state index < -0.39 is 0 Å². The number of hydrogen-bond acceptors (Lipinski definition) is 2. The minimum atomic E-state index is -0.327. The highest BCUT2D eigenvalue weighted by Gasteiger charge is 2.27. The molecule has 0 amide bonds. The second-order valence-corrected chi connectivity index (χ2v) is 6.25. The van der Waals surface area contributed by atoms with Gasteiger partial charge in [0.2, 0.25) is 0 Å². The van der Waals surface area contributed by atoms with Gasteiger partial charge in [0, 0.05) is 23.0 Å². The highest BCUT2D eigenvalue weighted by molar-refractivity contribution is 6.30. The molecular weight excluding hydrogens is 246 g/mol. The van der Waals surface area contributed by atoms with Crippen LogP contribution in [-0.4, -0.2) is 29.7 Å². The van der Waals surface area contributed by atoms with E-state index in [9.17, 15) is 5.11 Å². The van der Waals surface area contributed by atoms with Crippen LogP contribution in [0.4, 0.5) is 0 Å². The normalized spacial score (nSPS) is 15.8. The van der Waals surface area contributed by atoms with Crippen LogP contribution in [0.15, 0.2) is 24.3 Å². The maximum atomic E-state index is 9.78. The highest BCUT2D eigenvalue weighted by atomic mass is 35.5. The summed E-state index contributed by atoms with van der Waals surface area (Å²) < 4.78 is 0. The first-order valence-electron chi connectivity index (χ1n) is 6.38. The lowest BCUT2D eigenvalue weighted by molar-refractivity contribution is 0.0321. The molecule has 0 aliphatic heterocycles. The SMILES string of the molecule is CC(c1cccc(Cl)c1)N(C)CC(C)(C)C(C)O. The van der Waals surface area contributed by atoms with Crippen molar-refractivity contribution in [3.63, 3.8) is 0 Å². The van der Waals surface area contributed by atoms with Crippen molar-refractivity contribution in [1.29, 1.82) is 0 Å². The molecule has 0 radical (unpaired) electrons. The first kappa shape index (κ1) is 15.5. The first-order chi connectivity index (χ1) is 8.24. The number of rotatable bonds is 5. The van der Waals surface area contributed by atoms with E-state index in [1.807, 2.05) is 25.1 Å². The van der Waals surface area contributed by atoms with E-state index in [2.05, 4.69) is 38.8 Å². The number of aliphatic hydroxyl groups excluding tert-OH is 1. The van der Waals surface area contributed by atoms with Gasteiger partial charge in [-0.1, -0.05) is 37.6 Å². The van der Waals surface area contributed by atoms with Crippen LogP contribution in [0.1, 0.15) is 39.3 Å². The number of halogens is 1. The maximum absolute atomic E-state index is 9.78. The Kier molecular flexibility index (Phi) is 5.20. The summed E-state index contributed by atoms with van der Waals surface area (Å²) in [7, 11) is 2.08. The fourth-order valence-electron chi connectivity index (χ4n) is 1.93. The molecule has 3 heteroatoms. The zero-order valence-electron chi connectivity index (χ0n) is 11.9. The molecule has 0 spiro atoms. The van der Waals surface area contributed by atoms with Crippen LogP contribution >= 0.6 is 11.6 Å². The van der Waals surface area contributed by atoms with Gasteiger partial charge in [-0.15, -0.1) is 0 Å². The van der Waals surface area contributed by atoms with Crippen LogP contribution in [0.5, 0.6) is 0 Å². The Labute approximate surface area is 116 Å². The Morgan fingerprint density at radius 2 is 1.94 bits per heavy atom. The average molecular weight is 270 g/mol. The van der Waals surface area contributed by atoms with Crippen LogP contribution in [0.3, 0.4) is 0 Å². The molecule has 0 aliphatic carbocycles. The van der Waals surface area contributed by atoms with Gasteiger partial charge in [0.1, 0.15) is 0 Å². The Bertz CT molecular complexity index is 390. The number of hydrogen-bond donors (Lipinski definition) is 1. The molecule has 0 aliphatic rings. The smallest absolute Gasteiger partial charge is 0.0575 e. The summed E-state index contributed by atoms with van der Waals surface area (Å²) in [5.41, 5.74) is 1.08. The van der Waals surface area contributed by atoms with Crippen molar-refractivity contribution in [1.82, 2.24) is 4.90 Å². The molecule has 18 heavy (non-hydrogen) atoms. The van der Waals surface area contributed by atoms with Crippen LogP contribution < -0.4 is 0 Å².